The first-order valence-corrected chi connectivity index (χ1v) is 9.87. The predicted molar refractivity (Wildman–Crippen MR) is 113 cm³/mol. The van der Waals surface area contributed by atoms with Crippen molar-refractivity contribution in [3.8, 4) is 5.88 Å². The first kappa shape index (κ1) is 21.9. The number of amides is 1. The van der Waals surface area contributed by atoms with E-state index in [0.717, 1.165) is 9.96 Å². The lowest BCUT2D eigenvalue weighted by atomic mass is 10.1. The Bertz CT molecular complexity index is 1300. The molecular formula is C21H13Cl2F3N4O2. The van der Waals surface area contributed by atoms with Crippen LogP contribution >= 0.6 is 23.2 Å². The molecule has 0 aliphatic heterocycles. The minimum Gasteiger partial charge on any atom is -0.493 e. The number of alkyl halides is 3. The second kappa shape index (κ2) is 8.33. The van der Waals surface area contributed by atoms with Gasteiger partial charge >= 0.3 is 6.18 Å². The van der Waals surface area contributed by atoms with E-state index in [4.69, 9.17) is 23.2 Å². The molecule has 32 heavy (non-hydrogen) atoms. The molecule has 0 atom stereocenters. The van der Waals surface area contributed by atoms with E-state index in [1.54, 1.807) is 30.6 Å². The van der Waals surface area contributed by atoms with Crippen LogP contribution in [0.25, 0.3) is 5.65 Å². The Kier molecular flexibility index (Phi) is 5.70. The van der Waals surface area contributed by atoms with Crippen LogP contribution in [0.3, 0.4) is 0 Å². The maximum atomic E-state index is 13.4. The smallest absolute Gasteiger partial charge is 0.438 e. The summed E-state index contributed by atoms with van der Waals surface area (Å²) < 4.78 is 41.3. The number of pyridine rings is 2. The zero-order valence-corrected chi connectivity index (χ0v) is 17.5. The predicted octanol–water partition coefficient (Wildman–Crippen LogP) is 5.60. The van der Waals surface area contributed by atoms with Gasteiger partial charge in [0.25, 0.3) is 5.91 Å². The van der Waals surface area contributed by atoms with E-state index in [-0.39, 0.29) is 33.4 Å². The molecule has 0 saturated heterocycles. The first-order chi connectivity index (χ1) is 15.2. The van der Waals surface area contributed by atoms with E-state index in [1.807, 2.05) is 0 Å². The number of hydrogen-bond acceptors (Lipinski definition) is 4. The number of fused-ring (bicyclic) bond motifs is 1. The van der Waals surface area contributed by atoms with Crippen molar-refractivity contribution in [3.63, 3.8) is 0 Å². The van der Waals surface area contributed by atoms with Gasteiger partial charge in [-0.2, -0.15) is 13.2 Å². The van der Waals surface area contributed by atoms with Gasteiger partial charge in [-0.3, -0.25) is 14.2 Å². The van der Waals surface area contributed by atoms with Gasteiger partial charge in [0.2, 0.25) is 11.6 Å². The fraction of sp³-hybridized carbons (Fsp3) is 0.0952. The molecule has 0 saturated carbocycles. The second-order valence-electron chi connectivity index (χ2n) is 6.76. The van der Waals surface area contributed by atoms with Gasteiger partial charge in [0.15, 0.2) is 5.65 Å². The number of carbonyl (C=O) groups excluding carboxylic acids is 1. The molecule has 0 spiro atoms. The van der Waals surface area contributed by atoms with E-state index >= 15 is 0 Å². The molecule has 2 N–H and O–H groups in total. The van der Waals surface area contributed by atoms with Crippen LogP contribution in [0, 0.1) is 0 Å². The Morgan fingerprint density at radius 2 is 1.72 bits per heavy atom. The minimum absolute atomic E-state index is 0.0401. The van der Waals surface area contributed by atoms with Crippen molar-refractivity contribution in [1.82, 2.24) is 14.4 Å². The third kappa shape index (κ3) is 4.09. The van der Waals surface area contributed by atoms with Crippen molar-refractivity contribution in [1.29, 1.82) is 0 Å². The van der Waals surface area contributed by atoms with E-state index in [0.29, 0.717) is 5.69 Å². The van der Waals surface area contributed by atoms with Crippen molar-refractivity contribution in [2.45, 2.75) is 12.6 Å². The molecule has 4 aromatic rings. The molecule has 0 radical (unpaired) electrons. The zero-order chi connectivity index (χ0) is 23.0. The number of nitrogens with zero attached hydrogens (tertiary/aromatic N) is 3. The van der Waals surface area contributed by atoms with Gasteiger partial charge < -0.3 is 10.4 Å². The summed E-state index contributed by atoms with van der Waals surface area (Å²) in [6, 6.07) is 10.7. The fourth-order valence-electron chi connectivity index (χ4n) is 3.23. The topological polar surface area (TPSA) is 79.5 Å². The van der Waals surface area contributed by atoms with Crippen LogP contribution in [0.2, 0.25) is 10.0 Å². The van der Waals surface area contributed by atoms with Crippen LogP contribution in [0.4, 0.5) is 18.9 Å². The van der Waals surface area contributed by atoms with Crippen molar-refractivity contribution in [2.75, 3.05) is 5.32 Å². The fourth-order valence-corrected chi connectivity index (χ4v) is 3.80. The van der Waals surface area contributed by atoms with E-state index in [9.17, 15) is 23.1 Å². The molecule has 0 bridgehead atoms. The third-order valence-corrected chi connectivity index (χ3v) is 5.29. The number of hydrogen-bond donors (Lipinski definition) is 2. The maximum Gasteiger partial charge on any atom is 0.438 e. The number of carbonyl (C=O) groups is 1. The van der Waals surface area contributed by atoms with Gasteiger partial charge in [0.1, 0.15) is 0 Å². The number of anilines is 1. The van der Waals surface area contributed by atoms with Crippen molar-refractivity contribution >= 4 is 40.4 Å². The molecule has 4 rings (SSSR count). The van der Waals surface area contributed by atoms with E-state index in [1.165, 1.54) is 24.3 Å². The highest BCUT2D eigenvalue weighted by atomic mass is 35.5. The second-order valence-corrected chi connectivity index (χ2v) is 7.58. The summed E-state index contributed by atoms with van der Waals surface area (Å²) >= 11 is 12.1. The summed E-state index contributed by atoms with van der Waals surface area (Å²) in [5, 5.41) is 13.0. The van der Waals surface area contributed by atoms with E-state index < -0.39 is 23.7 Å². The summed E-state index contributed by atoms with van der Waals surface area (Å²) in [5.74, 6) is -1.82. The van der Waals surface area contributed by atoms with Crippen molar-refractivity contribution in [3.05, 3.63) is 87.4 Å². The molecule has 3 heterocycles. The number of aromatic hydroxyl groups is 1. The van der Waals surface area contributed by atoms with Crippen LogP contribution < -0.4 is 5.32 Å². The SMILES string of the molecule is O=C(Nc1ccc(Cc2ccncc2)n2c(O)c(C(F)(F)F)nc12)c1c(Cl)cccc1Cl. The average Bonchev–Trinajstić information content (AvgIpc) is 3.09. The van der Waals surface area contributed by atoms with Gasteiger partial charge in [0, 0.05) is 24.5 Å². The molecule has 1 amide bonds. The maximum absolute atomic E-state index is 13.4. The highest BCUT2D eigenvalue weighted by Gasteiger charge is 2.39. The lowest BCUT2D eigenvalue weighted by Gasteiger charge is -2.12. The van der Waals surface area contributed by atoms with Gasteiger partial charge in [0.05, 0.1) is 21.3 Å². The molecular weight excluding hydrogens is 468 g/mol. The Morgan fingerprint density at radius 1 is 1.06 bits per heavy atom. The Balaban J connectivity index is 1.84. The molecule has 6 nitrogen and oxygen atoms in total. The number of rotatable bonds is 4. The molecule has 0 aliphatic rings. The molecule has 11 heteroatoms. The zero-order valence-electron chi connectivity index (χ0n) is 16.0. The number of nitrogens with one attached hydrogen (secondary N) is 1. The van der Waals surface area contributed by atoms with Gasteiger partial charge in [-0.05, 0) is 42.0 Å². The summed E-state index contributed by atoms with van der Waals surface area (Å²) in [5.41, 5.74) is -0.774. The number of halogens is 5. The Morgan fingerprint density at radius 3 is 2.34 bits per heavy atom. The van der Waals surface area contributed by atoms with Gasteiger partial charge in [-0.1, -0.05) is 29.3 Å². The van der Waals surface area contributed by atoms with Crippen LogP contribution in [0.15, 0.2) is 54.9 Å². The van der Waals surface area contributed by atoms with E-state index in [2.05, 4.69) is 15.3 Å². The molecule has 0 unspecified atom stereocenters. The van der Waals surface area contributed by atoms with Crippen LogP contribution in [0.5, 0.6) is 5.88 Å². The summed E-state index contributed by atoms with van der Waals surface area (Å²) in [4.78, 5) is 20.2. The summed E-state index contributed by atoms with van der Waals surface area (Å²) in [6.07, 6.45) is -1.63. The molecule has 0 aliphatic carbocycles. The monoisotopic (exact) mass is 480 g/mol. The minimum atomic E-state index is -4.91. The summed E-state index contributed by atoms with van der Waals surface area (Å²) in [7, 11) is 0. The highest BCUT2D eigenvalue weighted by Crippen LogP contribution is 2.38. The first-order valence-electron chi connectivity index (χ1n) is 9.11. The third-order valence-electron chi connectivity index (χ3n) is 4.66. The molecule has 3 aromatic heterocycles. The standard InChI is InChI=1S/C21H13Cl2F3N4O2/c22-13-2-1-3-14(23)16(13)19(31)28-15-5-4-12(10-11-6-8-27-9-7-11)30-18(15)29-17(20(30)32)21(24,25)26/h1-9,32H,10H2,(H,28,31). The van der Waals surface area contributed by atoms with Crippen molar-refractivity contribution in [2.24, 2.45) is 0 Å². The van der Waals surface area contributed by atoms with Gasteiger partial charge in [-0.25, -0.2) is 4.98 Å². The largest absolute Gasteiger partial charge is 0.493 e. The lowest BCUT2D eigenvalue weighted by molar-refractivity contribution is -0.142. The molecule has 164 valence electrons. The van der Waals surface area contributed by atoms with Crippen LogP contribution in [-0.2, 0) is 12.6 Å². The number of aromatic nitrogens is 3. The van der Waals surface area contributed by atoms with Gasteiger partial charge in [-0.15, -0.1) is 0 Å². The molecule has 1 aromatic carbocycles. The molecule has 0 fully saturated rings. The highest BCUT2D eigenvalue weighted by molar-refractivity contribution is 6.40. The Labute approximate surface area is 189 Å². The van der Waals surface area contributed by atoms with Crippen LogP contribution in [-0.4, -0.2) is 25.4 Å². The van der Waals surface area contributed by atoms with Crippen molar-refractivity contribution < 1.29 is 23.1 Å². The van der Waals surface area contributed by atoms with Crippen LogP contribution in [0.1, 0.15) is 27.3 Å². The summed E-state index contributed by atoms with van der Waals surface area (Å²) in [6.45, 7) is 0. The lowest BCUT2D eigenvalue weighted by Crippen LogP contribution is -2.14. The normalized spacial score (nSPS) is 11.7. The number of imidazole rings is 1. The Hall–Kier alpha value is -3.30. The average molecular weight is 481 g/mol. The quantitative estimate of drug-likeness (QED) is 0.398. The number of benzene rings is 1.